The van der Waals surface area contributed by atoms with Crippen LogP contribution in [0.25, 0.3) is 0 Å². The van der Waals surface area contributed by atoms with E-state index in [0.29, 0.717) is 30.5 Å². The molecule has 0 aromatic heterocycles. The lowest BCUT2D eigenvalue weighted by molar-refractivity contribution is -0.128. The van der Waals surface area contributed by atoms with Crippen molar-refractivity contribution in [2.75, 3.05) is 16.3 Å². The number of hydrogen-bond donors (Lipinski definition) is 3. The smallest absolute Gasteiger partial charge is 0.286 e. The van der Waals surface area contributed by atoms with Crippen molar-refractivity contribution in [3.05, 3.63) is 88.0 Å². The highest BCUT2D eigenvalue weighted by molar-refractivity contribution is 7.92. The summed E-state index contributed by atoms with van der Waals surface area (Å²) in [6.45, 7) is 12.7. The first kappa shape index (κ1) is 33.5. The molecule has 244 valence electrons. The molecule has 3 aromatic rings. The number of fused-ring (bicyclic) bond motifs is 2. The minimum atomic E-state index is -4.42. The Bertz CT molecular complexity index is 1990. The van der Waals surface area contributed by atoms with Gasteiger partial charge in [0.05, 0.1) is 11.9 Å². The number of carbonyl (C=O) groups is 2. The molecule has 5 rings (SSSR count). The number of nitrogens with zero attached hydrogens (tertiary/aromatic N) is 1. The molecule has 1 heterocycles. The van der Waals surface area contributed by atoms with Crippen LogP contribution in [0.1, 0.15) is 71.8 Å². The van der Waals surface area contributed by atoms with Crippen LogP contribution in [0, 0.1) is 32.1 Å². The zero-order valence-electron chi connectivity index (χ0n) is 27.1. The maximum absolute atomic E-state index is 14.9. The van der Waals surface area contributed by atoms with Gasteiger partial charge in [-0.3, -0.25) is 19.6 Å². The third kappa shape index (κ3) is 6.51. The van der Waals surface area contributed by atoms with Crippen molar-refractivity contribution in [3.63, 3.8) is 0 Å². The molecule has 12 heteroatoms. The zero-order valence-corrected chi connectivity index (χ0v) is 28.7. The van der Waals surface area contributed by atoms with Crippen LogP contribution < -0.4 is 15.4 Å². The van der Waals surface area contributed by atoms with Gasteiger partial charge in [0.25, 0.3) is 10.0 Å². The number of sulfonamides is 2. The minimum absolute atomic E-state index is 0.0381. The van der Waals surface area contributed by atoms with Gasteiger partial charge in [0.2, 0.25) is 10.0 Å². The number of nitrogens with one attached hydrogen (secondary N) is 3. The van der Waals surface area contributed by atoms with Gasteiger partial charge in [-0.05, 0) is 79.5 Å². The number of anilines is 2. The summed E-state index contributed by atoms with van der Waals surface area (Å²) in [7, 11) is -8.09. The van der Waals surface area contributed by atoms with Crippen LogP contribution in [0.15, 0.2) is 63.9 Å². The van der Waals surface area contributed by atoms with Crippen molar-refractivity contribution in [3.8, 4) is 0 Å². The second-order valence-electron chi connectivity index (χ2n) is 13.6. The van der Waals surface area contributed by atoms with Gasteiger partial charge >= 0.3 is 0 Å². The monoisotopic (exact) mass is 664 g/mol. The Morgan fingerprint density at radius 2 is 1.63 bits per heavy atom. The molecule has 10 nitrogen and oxygen atoms in total. The second-order valence-corrected chi connectivity index (χ2v) is 16.9. The quantitative estimate of drug-likeness (QED) is 0.271. The summed E-state index contributed by atoms with van der Waals surface area (Å²) in [5.41, 5.74) is 3.85. The van der Waals surface area contributed by atoms with Crippen LogP contribution in [0.5, 0.6) is 0 Å². The number of aryl methyl sites for hydroxylation is 3. The largest absolute Gasteiger partial charge is 0.341 e. The molecule has 0 saturated heterocycles. The Labute approximate surface area is 271 Å². The molecule has 46 heavy (non-hydrogen) atoms. The predicted octanol–water partition coefficient (Wildman–Crippen LogP) is 5.39. The first-order valence-electron chi connectivity index (χ1n) is 15.0. The Hall–Kier alpha value is -3.87. The highest BCUT2D eigenvalue weighted by Gasteiger charge is 2.54. The van der Waals surface area contributed by atoms with Gasteiger partial charge in [0.1, 0.15) is 22.2 Å². The normalized spacial score (nSPS) is 20.8. The molecule has 0 amide bonds. The fraction of sp³-hybridized carbons (Fsp3) is 0.382. The number of Topliss-reactive ketones (excluding diaryl/α,β-unsaturated/α-hetero) is 2. The molecule has 0 radical (unpaired) electrons. The van der Waals surface area contributed by atoms with E-state index in [9.17, 15) is 26.4 Å². The Morgan fingerprint density at radius 3 is 2.26 bits per heavy atom. The summed E-state index contributed by atoms with van der Waals surface area (Å²) >= 11 is 0. The van der Waals surface area contributed by atoms with Crippen LogP contribution >= 0.6 is 0 Å². The minimum Gasteiger partial charge on any atom is -0.341 e. The van der Waals surface area contributed by atoms with E-state index in [-0.39, 0.29) is 27.5 Å². The number of ketones is 2. The van der Waals surface area contributed by atoms with Gasteiger partial charge in [0, 0.05) is 17.8 Å². The third-order valence-electron chi connectivity index (χ3n) is 8.57. The van der Waals surface area contributed by atoms with E-state index >= 15 is 0 Å². The Morgan fingerprint density at radius 1 is 0.978 bits per heavy atom. The molecule has 2 aliphatic rings. The van der Waals surface area contributed by atoms with E-state index in [0.717, 1.165) is 34.6 Å². The molecular formula is C34H40N4O6S2. The van der Waals surface area contributed by atoms with Crippen molar-refractivity contribution in [2.24, 2.45) is 15.7 Å². The number of rotatable bonds is 8. The first-order chi connectivity index (χ1) is 21.3. The summed E-state index contributed by atoms with van der Waals surface area (Å²) in [6, 6.07) is 15.1. The molecule has 0 saturated carbocycles. The van der Waals surface area contributed by atoms with Gasteiger partial charge in [-0.25, -0.2) is 8.42 Å². The SMILES string of the molecule is Cc1cc(C)c(CNC2(CCC(C)(C)C)C(=O)C(C3=NS(=O)(=O)c4cc(NS(C)(=O)=O)ccc4N3)C(=O)c3ccccc32)c(C)c1. The van der Waals surface area contributed by atoms with E-state index < -0.39 is 43.1 Å². The lowest BCUT2D eigenvalue weighted by Crippen LogP contribution is -2.59. The summed E-state index contributed by atoms with van der Waals surface area (Å²) in [4.78, 5) is 28.8. The van der Waals surface area contributed by atoms with Gasteiger partial charge in [-0.1, -0.05) is 62.7 Å². The van der Waals surface area contributed by atoms with E-state index in [1.807, 2.05) is 20.8 Å². The predicted molar refractivity (Wildman–Crippen MR) is 180 cm³/mol. The van der Waals surface area contributed by atoms with Crippen molar-refractivity contribution in [1.82, 2.24) is 5.32 Å². The van der Waals surface area contributed by atoms with E-state index in [2.05, 4.69) is 52.7 Å². The topological polar surface area (TPSA) is 151 Å². The van der Waals surface area contributed by atoms with Gasteiger partial charge in [-0.15, -0.1) is 4.40 Å². The van der Waals surface area contributed by atoms with E-state index in [4.69, 9.17) is 0 Å². The van der Waals surface area contributed by atoms with Crippen LogP contribution in [0.3, 0.4) is 0 Å². The number of amidine groups is 1. The van der Waals surface area contributed by atoms with Gasteiger partial charge in [0.15, 0.2) is 11.6 Å². The Balaban J connectivity index is 1.64. The highest BCUT2D eigenvalue weighted by Crippen LogP contribution is 2.43. The Kier molecular flexibility index (Phi) is 8.54. The number of hydrogen-bond acceptors (Lipinski definition) is 8. The summed E-state index contributed by atoms with van der Waals surface area (Å²) in [5.74, 6) is -2.84. The lowest BCUT2D eigenvalue weighted by atomic mass is 9.66. The van der Waals surface area contributed by atoms with Crippen molar-refractivity contribution >= 4 is 48.8 Å². The van der Waals surface area contributed by atoms with Crippen LogP contribution in [0.2, 0.25) is 0 Å². The van der Waals surface area contributed by atoms with Crippen LogP contribution in [-0.2, 0) is 36.9 Å². The average Bonchev–Trinajstić information content (AvgIpc) is 2.92. The van der Waals surface area contributed by atoms with E-state index in [1.54, 1.807) is 24.3 Å². The van der Waals surface area contributed by atoms with Crippen LogP contribution in [-0.4, -0.2) is 40.5 Å². The third-order valence-corrected chi connectivity index (χ3v) is 10.5. The molecule has 0 bridgehead atoms. The number of benzene rings is 3. The van der Waals surface area contributed by atoms with Crippen molar-refractivity contribution in [2.45, 2.75) is 71.4 Å². The fourth-order valence-corrected chi connectivity index (χ4v) is 8.11. The maximum atomic E-state index is 14.9. The lowest BCUT2D eigenvalue weighted by Gasteiger charge is -2.43. The van der Waals surface area contributed by atoms with Gasteiger partial charge in [-0.2, -0.15) is 8.42 Å². The molecule has 0 fully saturated rings. The highest BCUT2D eigenvalue weighted by atomic mass is 32.2. The summed E-state index contributed by atoms with van der Waals surface area (Å²) in [6.07, 6.45) is 1.94. The molecule has 2 unspecified atom stereocenters. The molecule has 3 N–H and O–H groups in total. The molecule has 1 aliphatic heterocycles. The number of carbonyl (C=O) groups excluding carboxylic acids is 2. The molecular weight excluding hydrogens is 625 g/mol. The molecule has 2 atom stereocenters. The average molecular weight is 665 g/mol. The van der Waals surface area contributed by atoms with E-state index in [1.165, 1.54) is 12.1 Å². The second kappa shape index (κ2) is 11.7. The molecule has 1 aliphatic carbocycles. The van der Waals surface area contributed by atoms with Gasteiger partial charge < -0.3 is 5.32 Å². The van der Waals surface area contributed by atoms with Crippen molar-refractivity contribution < 1.29 is 26.4 Å². The maximum Gasteiger partial charge on any atom is 0.286 e. The fourth-order valence-electron chi connectivity index (χ4n) is 6.37. The van der Waals surface area contributed by atoms with Crippen LogP contribution in [0.4, 0.5) is 11.4 Å². The summed E-state index contributed by atoms with van der Waals surface area (Å²) in [5, 5.41) is 6.53. The summed E-state index contributed by atoms with van der Waals surface area (Å²) < 4.78 is 56.7. The first-order valence-corrected chi connectivity index (χ1v) is 18.4. The van der Waals surface area contributed by atoms with Crippen molar-refractivity contribution in [1.29, 1.82) is 0 Å². The zero-order chi connectivity index (χ0) is 33.8. The standard InChI is InChI=1S/C34H40N4O6S2/c1-20-16-21(2)25(22(3)17-20)19-35-34(15-14-33(4,5)6)26-11-9-8-10-24(26)30(39)29(31(34)40)32-36-27-13-12-23(37-45(7,41)42)18-28(27)46(43,44)38-32/h8-13,16-18,29,35,37H,14-15,19H2,1-7H3,(H,36,38). The molecule has 0 spiro atoms. The molecule has 3 aromatic carbocycles.